The second-order valence-electron chi connectivity index (χ2n) is 7.97. The van der Waals surface area contributed by atoms with Crippen molar-refractivity contribution in [2.75, 3.05) is 13.4 Å². The summed E-state index contributed by atoms with van der Waals surface area (Å²) in [5, 5.41) is 0. The van der Waals surface area contributed by atoms with Crippen LogP contribution >= 0.6 is 0 Å². The van der Waals surface area contributed by atoms with E-state index in [1.54, 1.807) is 42.5 Å². The number of hydrogen-bond acceptors (Lipinski definition) is 8. The van der Waals surface area contributed by atoms with Gasteiger partial charge < -0.3 is 18.9 Å². The maximum atomic E-state index is 14.2. The third-order valence-electron chi connectivity index (χ3n) is 5.07. The van der Waals surface area contributed by atoms with Crippen molar-refractivity contribution in [3.63, 3.8) is 0 Å². The van der Waals surface area contributed by atoms with Crippen LogP contribution in [0.5, 0.6) is 11.5 Å². The number of esters is 3. The highest BCUT2D eigenvalue weighted by Gasteiger charge is 2.12. The van der Waals surface area contributed by atoms with Gasteiger partial charge in [-0.05, 0) is 66.2 Å². The summed E-state index contributed by atoms with van der Waals surface area (Å²) in [7, 11) is 0. The minimum absolute atomic E-state index is 0.0372. The Hall–Kier alpha value is -5.75. The Balaban J connectivity index is 1.53. The molecule has 0 unspecified atom stereocenters. The number of carbonyl (C=O) groups is 4. The second-order valence-corrected chi connectivity index (χ2v) is 7.97. The number of ether oxygens (including phenoxy) is 4. The molecule has 0 aromatic heterocycles. The van der Waals surface area contributed by atoms with Gasteiger partial charge >= 0.3 is 17.9 Å². The van der Waals surface area contributed by atoms with Crippen molar-refractivity contribution in [1.82, 2.24) is 0 Å². The number of hydrogen-bond donors (Lipinski definition) is 0. The average molecular weight is 555 g/mol. The van der Waals surface area contributed by atoms with Crippen LogP contribution in [-0.2, 0) is 23.9 Å². The van der Waals surface area contributed by atoms with Crippen molar-refractivity contribution in [2.24, 2.45) is 0 Å². The van der Waals surface area contributed by atoms with E-state index in [0.717, 1.165) is 29.3 Å². The Morgan fingerprint density at radius 1 is 0.805 bits per heavy atom. The second kappa shape index (κ2) is 15.0. The third-order valence-corrected chi connectivity index (χ3v) is 5.07. The quantitative estimate of drug-likeness (QED) is 0.109. The molecule has 0 saturated heterocycles. The Bertz CT molecular complexity index is 1540. The van der Waals surface area contributed by atoms with Gasteiger partial charge in [-0.15, -0.1) is 0 Å². The Morgan fingerprint density at radius 3 is 2.07 bits per heavy atom. The van der Waals surface area contributed by atoms with E-state index in [1.807, 2.05) is 0 Å². The van der Waals surface area contributed by atoms with Gasteiger partial charge in [-0.25, -0.2) is 18.8 Å². The zero-order valence-electron chi connectivity index (χ0n) is 21.6. The molecule has 0 amide bonds. The fourth-order valence-corrected chi connectivity index (χ4v) is 2.96. The maximum absolute atomic E-state index is 14.2. The summed E-state index contributed by atoms with van der Waals surface area (Å²) in [6, 6.07) is 17.0. The number of carbonyl (C=O) groups excluding carboxylic acids is 4. The number of benzene rings is 3. The lowest BCUT2D eigenvalue weighted by molar-refractivity contribution is -0.144. The van der Waals surface area contributed by atoms with Gasteiger partial charge in [0.15, 0.2) is 24.0 Å². The smallest absolute Gasteiger partial charge is 0.343 e. The van der Waals surface area contributed by atoms with Gasteiger partial charge in [-0.2, -0.15) is 0 Å². The van der Waals surface area contributed by atoms with Crippen LogP contribution in [0.1, 0.15) is 27.0 Å². The van der Waals surface area contributed by atoms with Crippen molar-refractivity contribution < 1.29 is 42.5 Å². The summed E-state index contributed by atoms with van der Waals surface area (Å²) in [6.07, 6.45) is 4.80. The molecule has 41 heavy (non-hydrogen) atoms. The van der Waals surface area contributed by atoms with Gasteiger partial charge in [0.1, 0.15) is 5.75 Å². The molecule has 0 aliphatic rings. The summed E-state index contributed by atoms with van der Waals surface area (Å²) < 4.78 is 33.9. The Morgan fingerprint density at radius 2 is 1.46 bits per heavy atom. The van der Waals surface area contributed by atoms with Crippen molar-refractivity contribution in [3.05, 3.63) is 126 Å². The van der Waals surface area contributed by atoms with Crippen LogP contribution in [0.3, 0.4) is 0 Å². The van der Waals surface area contributed by atoms with Crippen LogP contribution in [0.4, 0.5) is 4.39 Å². The summed E-state index contributed by atoms with van der Waals surface area (Å²) in [5.41, 5.74) is 2.34. The van der Waals surface area contributed by atoms with Crippen LogP contribution in [0.15, 0.2) is 98.1 Å². The van der Waals surface area contributed by atoms with Crippen LogP contribution in [0.2, 0.25) is 0 Å². The summed E-state index contributed by atoms with van der Waals surface area (Å²) >= 11 is 0. The molecule has 0 aliphatic heterocycles. The van der Waals surface area contributed by atoms with Crippen LogP contribution in [0.25, 0.3) is 6.08 Å². The largest absolute Gasteiger partial charge is 0.454 e. The van der Waals surface area contributed by atoms with Gasteiger partial charge in [-0.1, -0.05) is 37.1 Å². The molecule has 3 rings (SSSR count). The van der Waals surface area contributed by atoms with Crippen LogP contribution < -0.4 is 9.47 Å². The highest BCUT2D eigenvalue weighted by molar-refractivity contribution is 5.94. The molecule has 0 bridgehead atoms. The highest BCUT2D eigenvalue weighted by Crippen LogP contribution is 2.23. The number of rotatable bonds is 11. The first-order valence-corrected chi connectivity index (χ1v) is 11.9. The molecule has 0 N–H and O–H groups in total. The van der Waals surface area contributed by atoms with Crippen molar-refractivity contribution >= 4 is 29.8 Å². The minimum Gasteiger partial charge on any atom is -0.454 e. The fourth-order valence-electron chi connectivity index (χ4n) is 2.96. The molecule has 3 aromatic rings. The lowest BCUT2D eigenvalue weighted by Gasteiger charge is -2.09. The zero-order valence-corrected chi connectivity index (χ0v) is 21.6. The normalized spacial score (nSPS) is 10.1. The molecule has 0 heterocycles. The third kappa shape index (κ3) is 9.81. The monoisotopic (exact) mass is 554 g/mol. The standard InChI is InChI=1S/C32H23FO8/c1-3-26(34)20-38-31(36)18-13-23-8-5-22(6-9-23)7-10-24-11-14-25(15-12-24)32(37)41-27-16-17-29(28(33)19-27)39-21-40-30(35)4-2/h3-6,8-9,11-19H,1-2,20-21H2/b18-13+. The molecule has 206 valence electrons. The molecule has 0 aliphatic carbocycles. The van der Waals surface area contributed by atoms with Gasteiger partial charge in [0, 0.05) is 29.3 Å². The van der Waals surface area contributed by atoms with E-state index in [-0.39, 0.29) is 29.5 Å². The molecule has 0 fully saturated rings. The first-order valence-electron chi connectivity index (χ1n) is 11.9. The minimum atomic E-state index is -0.806. The van der Waals surface area contributed by atoms with Gasteiger partial charge in [0.05, 0.1) is 5.56 Å². The first kappa shape index (κ1) is 29.8. The zero-order chi connectivity index (χ0) is 29.6. The Labute approximate surface area is 235 Å². The lowest BCUT2D eigenvalue weighted by atomic mass is 10.1. The molecule has 0 saturated carbocycles. The summed E-state index contributed by atoms with van der Waals surface area (Å²) in [5.74, 6) is 2.52. The van der Waals surface area contributed by atoms with E-state index in [9.17, 15) is 23.6 Å². The SMILES string of the molecule is C=CC(=O)COC(=O)/C=C/c1ccc(C#Cc2ccc(C(=O)Oc3ccc(OCOC(=O)C=C)c(F)c3)cc2)cc1. The predicted molar refractivity (Wildman–Crippen MR) is 147 cm³/mol. The summed E-state index contributed by atoms with van der Waals surface area (Å²) in [6.45, 7) is 5.68. The molecular weight excluding hydrogens is 531 g/mol. The molecule has 0 spiro atoms. The van der Waals surface area contributed by atoms with Gasteiger partial charge in [-0.3, -0.25) is 4.79 Å². The molecule has 3 aromatic carbocycles. The van der Waals surface area contributed by atoms with E-state index in [1.165, 1.54) is 30.3 Å². The summed E-state index contributed by atoms with van der Waals surface area (Å²) in [4.78, 5) is 46.2. The van der Waals surface area contributed by atoms with E-state index in [4.69, 9.17) is 14.2 Å². The van der Waals surface area contributed by atoms with Gasteiger partial charge in [0.25, 0.3) is 0 Å². The maximum Gasteiger partial charge on any atom is 0.343 e. The van der Waals surface area contributed by atoms with Crippen molar-refractivity contribution in [3.8, 4) is 23.3 Å². The highest BCUT2D eigenvalue weighted by atomic mass is 19.1. The van der Waals surface area contributed by atoms with E-state index in [2.05, 4.69) is 29.7 Å². The van der Waals surface area contributed by atoms with E-state index >= 15 is 0 Å². The molecule has 0 radical (unpaired) electrons. The lowest BCUT2D eigenvalue weighted by Crippen LogP contribution is -2.10. The topological polar surface area (TPSA) is 105 Å². The number of halogens is 1. The van der Waals surface area contributed by atoms with Crippen LogP contribution in [-0.4, -0.2) is 37.1 Å². The molecular formula is C32H23FO8. The Kier molecular flexibility index (Phi) is 10.9. The van der Waals surface area contributed by atoms with Crippen LogP contribution in [0, 0.1) is 17.7 Å². The van der Waals surface area contributed by atoms with Gasteiger partial charge in [0.2, 0.25) is 6.79 Å². The first-order chi connectivity index (χ1) is 19.8. The molecule has 8 nitrogen and oxygen atoms in total. The fraction of sp³-hybridized carbons (Fsp3) is 0.0625. The van der Waals surface area contributed by atoms with Crippen molar-refractivity contribution in [1.29, 1.82) is 0 Å². The number of ketones is 1. The van der Waals surface area contributed by atoms with Crippen molar-refractivity contribution in [2.45, 2.75) is 0 Å². The van der Waals surface area contributed by atoms with E-state index < -0.39 is 30.5 Å². The molecule has 9 heteroatoms. The predicted octanol–water partition coefficient (Wildman–Crippen LogP) is 4.82. The average Bonchev–Trinajstić information content (AvgIpc) is 2.99. The molecule has 0 atom stereocenters. The van der Waals surface area contributed by atoms with E-state index in [0.29, 0.717) is 5.56 Å².